The molecule has 1 unspecified atom stereocenters. The molecule has 0 bridgehead atoms. The maximum atomic E-state index is 11.1. The molecule has 3 N–H and O–H groups in total. The molecule has 2 heterocycles. The fourth-order valence-corrected chi connectivity index (χ4v) is 2.10. The van der Waals surface area contributed by atoms with E-state index >= 15 is 0 Å². The maximum Gasteiger partial charge on any atom is 0.339 e. The van der Waals surface area contributed by atoms with E-state index in [4.69, 9.17) is 5.11 Å². The predicted octanol–water partition coefficient (Wildman–Crippen LogP) is 1.23. The van der Waals surface area contributed by atoms with Crippen molar-refractivity contribution in [3.63, 3.8) is 0 Å². The van der Waals surface area contributed by atoms with Crippen molar-refractivity contribution in [3.05, 3.63) is 22.3 Å². The number of aromatic nitrogens is 1. The number of carbonyl (C=O) groups excluding carboxylic acids is 1. The number of amides is 1. The van der Waals surface area contributed by atoms with Gasteiger partial charge in [0.25, 0.3) is 0 Å². The third kappa shape index (κ3) is 2.98. The Bertz CT molecular complexity index is 482. The Morgan fingerprint density at radius 2 is 2.39 bits per heavy atom. The van der Waals surface area contributed by atoms with Crippen LogP contribution >= 0.6 is 15.9 Å². The highest BCUT2D eigenvalue weighted by Gasteiger charge is 2.20. The van der Waals surface area contributed by atoms with Gasteiger partial charge in [-0.15, -0.1) is 0 Å². The lowest BCUT2D eigenvalue weighted by atomic mass is 10.1. The first-order valence-electron chi connectivity index (χ1n) is 5.48. The number of nitrogens with one attached hydrogen (secondary N) is 2. The number of rotatable bonds is 3. The predicted molar refractivity (Wildman–Crippen MR) is 68.6 cm³/mol. The van der Waals surface area contributed by atoms with Crippen LogP contribution in [0.25, 0.3) is 0 Å². The number of halogens is 1. The Morgan fingerprint density at radius 1 is 1.61 bits per heavy atom. The smallest absolute Gasteiger partial charge is 0.339 e. The molecule has 1 fully saturated rings. The van der Waals surface area contributed by atoms with Crippen molar-refractivity contribution in [3.8, 4) is 0 Å². The van der Waals surface area contributed by atoms with Crippen LogP contribution in [-0.2, 0) is 4.79 Å². The number of carbonyl (C=O) groups is 2. The van der Waals surface area contributed by atoms with E-state index in [9.17, 15) is 9.59 Å². The number of hydrogen-bond acceptors (Lipinski definition) is 4. The quantitative estimate of drug-likeness (QED) is 0.780. The van der Waals surface area contributed by atoms with Crippen LogP contribution in [0.5, 0.6) is 0 Å². The fourth-order valence-electron chi connectivity index (χ4n) is 1.77. The van der Waals surface area contributed by atoms with Gasteiger partial charge < -0.3 is 15.7 Å². The molecule has 1 aliphatic heterocycles. The molecule has 6 nitrogen and oxygen atoms in total. The van der Waals surface area contributed by atoms with Crippen LogP contribution in [0.15, 0.2) is 16.7 Å². The van der Waals surface area contributed by atoms with Crippen molar-refractivity contribution in [1.82, 2.24) is 10.3 Å². The van der Waals surface area contributed by atoms with Crippen molar-refractivity contribution >= 4 is 33.6 Å². The van der Waals surface area contributed by atoms with Gasteiger partial charge in [0.1, 0.15) is 11.4 Å². The lowest BCUT2D eigenvalue weighted by Gasteiger charge is -2.24. The van der Waals surface area contributed by atoms with Gasteiger partial charge in [-0.25, -0.2) is 9.78 Å². The third-order valence-corrected chi connectivity index (χ3v) is 3.12. The molecule has 1 aliphatic rings. The summed E-state index contributed by atoms with van der Waals surface area (Å²) in [6.45, 7) is 0.482. The van der Waals surface area contributed by atoms with Crippen LogP contribution in [-0.4, -0.2) is 34.6 Å². The van der Waals surface area contributed by atoms with Gasteiger partial charge in [-0.1, -0.05) is 0 Å². The molecule has 0 aliphatic carbocycles. The summed E-state index contributed by atoms with van der Waals surface area (Å²) in [6, 6.07) is 1.51. The van der Waals surface area contributed by atoms with Gasteiger partial charge >= 0.3 is 5.97 Å². The lowest BCUT2D eigenvalue weighted by Crippen LogP contribution is -2.42. The molecule has 0 aromatic carbocycles. The highest BCUT2D eigenvalue weighted by molar-refractivity contribution is 9.10. The van der Waals surface area contributed by atoms with Crippen molar-refractivity contribution < 1.29 is 14.7 Å². The average Bonchev–Trinajstić information content (AvgIpc) is 2.34. The Labute approximate surface area is 112 Å². The van der Waals surface area contributed by atoms with E-state index in [1.807, 2.05) is 0 Å². The van der Waals surface area contributed by atoms with Crippen molar-refractivity contribution in [2.75, 3.05) is 11.9 Å². The number of piperidine rings is 1. The topological polar surface area (TPSA) is 91.3 Å². The van der Waals surface area contributed by atoms with Gasteiger partial charge in [0.15, 0.2) is 0 Å². The molecule has 7 heteroatoms. The first-order chi connectivity index (χ1) is 8.56. The minimum absolute atomic E-state index is 0.00877. The maximum absolute atomic E-state index is 11.1. The molecule has 96 valence electrons. The van der Waals surface area contributed by atoms with Crippen LogP contribution in [0.2, 0.25) is 0 Å². The third-order valence-electron chi connectivity index (χ3n) is 2.69. The van der Waals surface area contributed by atoms with Gasteiger partial charge in [-0.05, 0) is 28.4 Å². The summed E-state index contributed by atoms with van der Waals surface area (Å²) in [6.07, 6.45) is 2.65. The summed E-state index contributed by atoms with van der Waals surface area (Å²) >= 11 is 3.19. The van der Waals surface area contributed by atoms with Crippen LogP contribution in [0.4, 0.5) is 5.82 Å². The van der Waals surface area contributed by atoms with Crippen LogP contribution in [0.3, 0.4) is 0 Å². The number of carboxylic acid groups (broad SMARTS) is 1. The molecule has 2 rings (SSSR count). The van der Waals surface area contributed by atoms with Gasteiger partial charge in [-0.2, -0.15) is 0 Å². The largest absolute Gasteiger partial charge is 0.478 e. The molecule has 1 saturated heterocycles. The van der Waals surface area contributed by atoms with Crippen molar-refractivity contribution in [2.24, 2.45) is 0 Å². The summed E-state index contributed by atoms with van der Waals surface area (Å²) < 4.78 is 0.613. The number of carboxylic acids is 1. The van der Waals surface area contributed by atoms with E-state index < -0.39 is 5.97 Å². The average molecular weight is 314 g/mol. The molecule has 1 aromatic heterocycles. The standard InChI is InChI=1S/C11H12BrN3O3/c12-6-3-8(11(17)18)10(14-4-6)15-7-1-2-9(16)13-5-7/h3-4,7H,1-2,5H2,(H,13,16)(H,14,15)(H,17,18). The summed E-state index contributed by atoms with van der Waals surface area (Å²) in [7, 11) is 0. The van der Waals surface area contributed by atoms with Gasteiger partial charge in [0.2, 0.25) is 5.91 Å². The van der Waals surface area contributed by atoms with E-state index in [2.05, 4.69) is 31.5 Å². The van der Waals surface area contributed by atoms with Crippen molar-refractivity contribution in [1.29, 1.82) is 0 Å². The van der Waals surface area contributed by atoms with E-state index in [-0.39, 0.29) is 17.5 Å². The highest BCUT2D eigenvalue weighted by Crippen LogP contribution is 2.20. The summed E-state index contributed by atoms with van der Waals surface area (Å²) in [5.41, 5.74) is 0.112. The number of aromatic carboxylic acids is 1. The molecule has 1 amide bonds. The van der Waals surface area contributed by atoms with Gasteiger partial charge in [0, 0.05) is 29.7 Å². The summed E-state index contributed by atoms with van der Waals surface area (Å²) in [5, 5.41) is 14.9. The summed E-state index contributed by atoms with van der Waals surface area (Å²) in [4.78, 5) is 26.2. The molecular formula is C11H12BrN3O3. The van der Waals surface area contributed by atoms with Gasteiger partial charge in [0.05, 0.1) is 0 Å². The van der Waals surface area contributed by atoms with E-state index in [1.165, 1.54) is 12.3 Å². The molecule has 0 saturated carbocycles. The fraction of sp³-hybridized carbons (Fsp3) is 0.364. The van der Waals surface area contributed by atoms with Crippen LogP contribution in [0, 0.1) is 0 Å². The second-order valence-electron chi connectivity index (χ2n) is 4.04. The normalized spacial score (nSPS) is 19.2. The Morgan fingerprint density at radius 3 is 3.00 bits per heavy atom. The minimum atomic E-state index is -1.04. The summed E-state index contributed by atoms with van der Waals surface area (Å²) in [5.74, 6) is -0.687. The number of hydrogen-bond donors (Lipinski definition) is 3. The number of anilines is 1. The number of nitrogens with zero attached hydrogens (tertiary/aromatic N) is 1. The zero-order valence-electron chi connectivity index (χ0n) is 9.44. The molecule has 0 spiro atoms. The zero-order valence-corrected chi connectivity index (χ0v) is 11.0. The monoisotopic (exact) mass is 313 g/mol. The van der Waals surface area contributed by atoms with Crippen LogP contribution in [0.1, 0.15) is 23.2 Å². The Kier molecular flexibility index (Phi) is 3.81. The molecule has 0 radical (unpaired) electrons. The second-order valence-corrected chi connectivity index (χ2v) is 4.95. The number of pyridine rings is 1. The van der Waals surface area contributed by atoms with E-state index in [1.54, 1.807) is 0 Å². The molecular weight excluding hydrogens is 302 g/mol. The molecule has 18 heavy (non-hydrogen) atoms. The molecule has 1 aromatic rings. The Balaban J connectivity index is 2.13. The first kappa shape index (κ1) is 12.8. The first-order valence-corrected chi connectivity index (χ1v) is 6.27. The second kappa shape index (κ2) is 5.34. The van der Waals surface area contributed by atoms with Crippen molar-refractivity contribution in [2.45, 2.75) is 18.9 Å². The molecule has 1 atom stereocenters. The van der Waals surface area contributed by atoms with Crippen LogP contribution < -0.4 is 10.6 Å². The van der Waals surface area contributed by atoms with E-state index in [0.717, 1.165) is 0 Å². The van der Waals surface area contributed by atoms with Gasteiger partial charge in [-0.3, -0.25) is 4.79 Å². The zero-order chi connectivity index (χ0) is 13.1. The Hall–Kier alpha value is -1.63. The lowest BCUT2D eigenvalue weighted by molar-refractivity contribution is -0.122. The minimum Gasteiger partial charge on any atom is -0.478 e. The highest BCUT2D eigenvalue weighted by atomic mass is 79.9. The van der Waals surface area contributed by atoms with E-state index in [0.29, 0.717) is 29.7 Å². The SMILES string of the molecule is O=C1CCC(Nc2ncc(Br)cc2C(=O)O)CN1.